The summed E-state index contributed by atoms with van der Waals surface area (Å²) in [6.45, 7) is -0.301. The molecule has 90 valence electrons. The van der Waals surface area contributed by atoms with Crippen molar-refractivity contribution in [3.63, 3.8) is 0 Å². The smallest absolute Gasteiger partial charge is 0.319 e. The second kappa shape index (κ2) is 5.01. The van der Waals surface area contributed by atoms with Gasteiger partial charge in [0.25, 0.3) is 0 Å². The van der Waals surface area contributed by atoms with Crippen LogP contribution in [0.15, 0.2) is 18.2 Å². The van der Waals surface area contributed by atoms with Crippen LogP contribution in [0.25, 0.3) is 0 Å². The minimum absolute atomic E-state index is 0.135. The summed E-state index contributed by atoms with van der Waals surface area (Å²) < 4.78 is 50.9. The number of alkyl halides is 3. The average Bonchev–Trinajstić information content (AvgIpc) is 2.17. The number of benzene rings is 1. The normalized spacial score (nSPS) is 13.9. The van der Waals surface area contributed by atoms with E-state index in [1.807, 2.05) is 0 Å². The van der Waals surface area contributed by atoms with Crippen molar-refractivity contribution in [3.8, 4) is 0 Å². The number of hydrogen-bond acceptors (Lipinski definition) is 1. The van der Waals surface area contributed by atoms with Crippen LogP contribution in [-0.4, -0.2) is 19.8 Å². The molecule has 0 saturated heterocycles. The zero-order chi connectivity index (χ0) is 12.3. The summed E-state index contributed by atoms with van der Waals surface area (Å²) in [7, 11) is 1.41. The third-order valence-corrected chi connectivity index (χ3v) is 2.46. The highest BCUT2D eigenvalue weighted by Gasteiger charge is 2.40. The van der Waals surface area contributed by atoms with Crippen LogP contribution in [0.3, 0.4) is 0 Å². The van der Waals surface area contributed by atoms with Gasteiger partial charge in [-0.05, 0) is 24.7 Å². The van der Waals surface area contributed by atoms with Crippen molar-refractivity contribution in [1.82, 2.24) is 5.32 Å². The lowest BCUT2D eigenvalue weighted by atomic mass is 9.98. The molecule has 0 fully saturated rings. The highest BCUT2D eigenvalue weighted by atomic mass is 35.5. The zero-order valence-corrected chi connectivity index (χ0v) is 9.16. The molecule has 0 aliphatic carbocycles. The molecule has 1 atom stereocenters. The van der Waals surface area contributed by atoms with Gasteiger partial charge in [-0.1, -0.05) is 17.7 Å². The van der Waals surface area contributed by atoms with E-state index in [-0.39, 0.29) is 17.1 Å². The van der Waals surface area contributed by atoms with Crippen LogP contribution in [0.2, 0.25) is 5.02 Å². The molecule has 1 unspecified atom stereocenters. The Bertz CT molecular complexity index is 364. The van der Waals surface area contributed by atoms with Gasteiger partial charge in [-0.15, -0.1) is 0 Å². The first kappa shape index (κ1) is 13.3. The number of likely N-dealkylation sites (N-methyl/N-ethyl adjacent to an activating group) is 1. The van der Waals surface area contributed by atoms with Crippen LogP contribution in [0.5, 0.6) is 0 Å². The predicted octanol–water partition coefficient (Wildman–Crippen LogP) is 3.34. The highest BCUT2D eigenvalue weighted by Crippen LogP contribution is 2.35. The molecule has 0 radical (unpaired) electrons. The Balaban J connectivity index is 3.06. The van der Waals surface area contributed by atoms with Gasteiger partial charge >= 0.3 is 6.18 Å². The molecule has 1 aromatic rings. The molecule has 0 aliphatic rings. The van der Waals surface area contributed by atoms with Crippen molar-refractivity contribution in [1.29, 1.82) is 0 Å². The molecule has 0 aromatic heterocycles. The Labute approximate surface area is 95.4 Å². The fourth-order valence-electron chi connectivity index (χ4n) is 1.36. The van der Waals surface area contributed by atoms with Gasteiger partial charge in [-0.25, -0.2) is 4.39 Å². The zero-order valence-electron chi connectivity index (χ0n) is 8.41. The van der Waals surface area contributed by atoms with Gasteiger partial charge in [0.1, 0.15) is 5.82 Å². The highest BCUT2D eigenvalue weighted by molar-refractivity contribution is 6.30. The summed E-state index contributed by atoms with van der Waals surface area (Å²) in [6.07, 6.45) is -4.41. The van der Waals surface area contributed by atoms with Crippen molar-refractivity contribution >= 4 is 11.6 Å². The quantitative estimate of drug-likeness (QED) is 0.817. The van der Waals surface area contributed by atoms with Gasteiger partial charge < -0.3 is 5.32 Å². The fourth-order valence-corrected chi connectivity index (χ4v) is 1.47. The van der Waals surface area contributed by atoms with E-state index >= 15 is 0 Å². The standard InChI is InChI=1S/C10H10ClF4N/c1-16-5-7(10(13,14)15)6-2-3-8(11)9(12)4-6/h2-4,7,16H,5H2,1H3. The largest absolute Gasteiger partial charge is 0.396 e. The van der Waals surface area contributed by atoms with Crippen LogP contribution in [0, 0.1) is 5.82 Å². The molecule has 0 heterocycles. The Morgan fingerprint density at radius 3 is 2.44 bits per heavy atom. The van der Waals surface area contributed by atoms with Crippen LogP contribution in [0.1, 0.15) is 11.5 Å². The Morgan fingerprint density at radius 2 is 2.00 bits per heavy atom. The average molecular weight is 256 g/mol. The number of halogens is 5. The summed E-state index contributed by atoms with van der Waals surface area (Å²) in [5.41, 5.74) is -0.135. The maximum atomic E-state index is 13.0. The lowest BCUT2D eigenvalue weighted by Crippen LogP contribution is -2.30. The number of rotatable bonds is 3. The Kier molecular flexibility index (Phi) is 4.15. The molecule has 0 amide bonds. The Morgan fingerprint density at radius 1 is 1.38 bits per heavy atom. The first-order valence-electron chi connectivity index (χ1n) is 4.52. The first-order valence-corrected chi connectivity index (χ1v) is 4.90. The number of nitrogens with one attached hydrogen (secondary N) is 1. The van der Waals surface area contributed by atoms with E-state index in [0.29, 0.717) is 0 Å². The minimum atomic E-state index is -4.41. The number of hydrogen-bond donors (Lipinski definition) is 1. The van der Waals surface area contributed by atoms with E-state index in [4.69, 9.17) is 11.6 Å². The van der Waals surface area contributed by atoms with Crippen LogP contribution >= 0.6 is 11.6 Å². The molecule has 1 nitrogen and oxygen atoms in total. The van der Waals surface area contributed by atoms with Crippen LogP contribution < -0.4 is 5.32 Å². The minimum Gasteiger partial charge on any atom is -0.319 e. The molecule has 16 heavy (non-hydrogen) atoms. The molecule has 0 saturated carbocycles. The van der Waals surface area contributed by atoms with E-state index < -0.39 is 17.9 Å². The fraction of sp³-hybridized carbons (Fsp3) is 0.400. The van der Waals surface area contributed by atoms with Crippen molar-refractivity contribution in [3.05, 3.63) is 34.6 Å². The van der Waals surface area contributed by atoms with E-state index in [0.717, 1.165) is 12.1 Å². The first-order chi connectivity index (χ1) is 7.36. The Hall–Kier alpha value is -0.810. The van der Waals surface area contributed by atoms with Gasteiger partial charge in [0.15, 0.2) is 0 Å². The van der Waals surface area contributed by atoms with E-state index in [9.17, 15) is 17.6 Å². The second-order valence-electron chi connectivity index (χ2n) is 3.33. The molecule has 0 spiro atoms. The predicted molar refractivity (Wildman–Crippen MR) is 54.1 cm³/mol. The van der Waals surface area contributed by atoms with Crippen molar-refractivity contribution in [2.45, 2.75) is 12.1 Å². The SMILES string of the molecule is CNCC(c1ccc(Cl)c(F)c1)C(F)(F)F. The summed E-state index contributed by atoms with van der Waals surface area (Å²) >= 11 is 5.40. The van der Waals surface area contributed by atoms with Crippen LogP contribution in [-0.2, 0) is 0 Å². The molecule has 1 aromatic carbocycles. The lowest BCUT2D eigenvalue weighted by Gasteiger charge is -2.20. The third-order valence-electron chi connectivity index (χ3n) is 2.15. The topological polar surface area (TPSA) is 12.0 Å². The van der Waals surface area contributed by atoms with Crippen LogP contribution in [0.4, 0.5) is 17.6 Å². The molecule has 1 rings (SSSR count). The van der Waals surface area contributed by atoms with Gasteiger partial charge in [0, 0.05) is 6.54 Å². The monoisotopic (exact) mass is 255 g/mol. The summed E-state index contributed by atoms with van der Waals surface area (Å²) in [5.74, 6) is -2.58. The van der Waals surface area contributed by atoms with Gasteiger partial charge in [0.2, 0.25) is 0 Å². The van der Waals surface area contributed by atoms with Gasteiger partial charge in [-0.2, -0.15) is 13.2 Å². The second-order valence-corrected chi connectivity index (χ2v) is 3.73. The van der Waals surface area contributed by atoms with Gasteiger partial charge in [0.05, 0.1) is 10.9 Å². The maximum absolute atomic E-state index is 13.0. The molecular weight excluding hydrogens is 246 g/mol. The maximum Gasteiger partial charge on any atom is 0.396 e. The lowest BCUT2D eigenvalue weighted by molar-refractivity contribution is -0.149. The van der Waals surface area contributed by atoms with Crippen molar-refractivity contribution in [2.75, 3.05) is 13.6 Å². The van der Waals surface area contributed by atoms with E-state index in [2.05, 4.69) is 5.32 Å². The molecule has 0 bridgehead atoms. The summed E-state index contributed by atoms with van der Waals surface area (Å²) in [5, 5.41) is 2.25. The van der Waals surface area contributed by atoms with Gasteiger partial charge in [-0.3, -0.25) is 0 Å². The summed E-state index contributed by atoms with van der Waals surface area (Å²) in [4.78, 5) is 0. The van der Waals surface area contributed by atoms with Crippen molar-refractivity contribution < 1.29 is 17.6 Å². The van der Waals surface area contributed by atoms with E-state index in [1.165, 1.54) is 13.1 Å². The summed E-state index contributed by atoms with van der Waals surface area (Å²) in [6, 6.07) is 3.12. The van der Waals surface area contributed by atoms with Crippen molar-refractivity contribution in [2.24, 2.45) is 0 Å². The molecule has 0 aliphatic heterocycles. The molecular formula is C10H10ClF4N. The van der Waals surface area contributed by atoms with E-state index in [1.54, 1.807) is 0 Å². The molecule has 1 N–H and O–H groups in total. The molecule has 6 heteroatoms. The third kappa shape index (κ3) is 3.09.